The minimum atomic E-state index is -2.11. The van der Waals surface area contributed by atoms with E-state index >= 15 is 0 Å². The average molecular weight is 1790 g/mol. The van der Waals surface area contributed by atoms with E-state index in [-0.39, 0.29) is 75.4 Å². The van der Waals surface area contributed by atoms with Crippen LogP contribution >= 0.6 is 70.1 Å². The number of nitrogens with zero attached hydrogens (tertiary/aromatic N) is 12. The quantitative estimate of drug-likeness (QED) is 0.00972. The second kappa shape index (κ2) is 54.7. The van der Waals surface area contributed by atoms with Gasteiger partial charge in [0.1, 0.15) is 33.3 Å². The number of halogens is 5. The molecule has 11 heterocycles. The van der Waals surface area contributed by atoms with Crippen LogP contribution in [0.15, 0.2) is 144 Å². The molecule has 11 rings (SSSR count). The summed E-state index contributed by atoms with van der Waals surface area (Å²) >= 11 is 23.4. The molecule has 41 heteroatoms. The van der Waals surface area contributed by atoms with Crippen LogP contribution in [0.1, 0.15) is 94.9 Å². The number of aromatic nitrogens is 6. The third-order valence-electron chi connectivity index (χ3n) is 17.2. The van der Waals surface area contributed by atoms with Crippen molar-refractivity contribution in [3.05, 3.63) is 208 Å². The number of aryl methyl sites for hydroxylation is 6. The number of hydrogen-bond donors (Lipinski definition) is 8. The van der Waals surface area contributed by atoms with Gasteiger partial charge in [0, 0.05) is 184 Å². The first kappa shape index (κ1) is 106. The second-order valence-electron chi connectivity index (χ2n) is 25.6. The van der Waals surface area contributed by atoms with E-state index in [1.54, 1.807) is 107 Å². The van der Waals surface area contributed by atoms with Crippen LogP contribution < -0.4 is 43.4 Å². The number of anilines is 4. The summed E-state index contributed by atoms with van der Waals surface area (Å²) in [6.07, 6.45) is 9.14. The standard InChI is InChI=1S/C29H33ClN8O5S.C12H18N4O4.C12H20N4O2.C10H4.C7H5Cl3N2O3.C6H14N2O.3CH4.ClH/c1-35-15-18(12-22(35)26(39)31-5-6-38-7-9-43-10-8-38)32-27(40)23-13-19(16-36(23)2)33-28(41)24-14-20(17-37(24)3)34-29(42)25-21(30)4-11-44-25;1-14-9-10(16(18)19)8-11(14)12(17)13-2-3-15-4-6-20-7-5-15;1-15-9-10(13)8-11(15)12(17)14-2-3-16-4-6-18-7-5-16;1-3-5-7-9-10-8-6-4-2;1-11-3-4(12(14)15)2-5(11)6(13)7(8,9)10;7-1-2-8-3-5-9-6-4-8;;;;/h4,11-17H,5-10H2,1-3H3,(H,31,39)(H,32,40)(H,33,41)(H,34,42);8-9H,2-7H2,1H3,(H,13,17);8-9H,2-7,13H2,1H3,(H,14,17);1-2H2;2-3H,1H3;1-7H2;3*1H4;1H. The zero-order chi connectivity index (χ0) is 84.9. The molecule has 4 aliphatic heterocycles. The van der Waals surface area contributed by atoms with Crippen LogP contribution in [0.3, 0.4) is 0 Å². The number of nitrogens with two attached hydrogens (primary N) is 2. The molecule has 4 saturated heterocycles. The lowest BCUT2D eigenvalue weighted by atomic mass is 10.3. The molecule has 0 spiro atoms. The molecule has 7 aromatic rings. The monoisotopic (exact) mass is 1780 g/mol. The van der Waals surface area contributed by atoms with Gasteiger partial charge in [-0.05, 0) is 83.3 Å². The number of ketones is 1. The Kier molecular flexibility index (Phi) is 48.1. The molecular weight excluding hydrogens is 1680 g/mol. The van der Waals surface area contributed by atoms with Crippen molar-refractivity contribution in [2.75, 3.05) is 179 Å². The lowest BCUT2D eigenvalue weighted by Gasteiger charge is -2.26. The number of carbonyl (C=O) groups is 7. The van der Waals surface area contributed by atoms with Gasteiger partial charge in [-0.25, -0.2) is 0 Å². The maximum Gasteiger partial charge on any atom is 0.287 e. The molecular formula is C79H107Cl5N20O15S. The number of nitrogen functional groups attached to an aromatic ring is 1. The van der Waals surface area contributed by atoms with E-state index in [0.717, 1.165) is 131 Å². The molecule has 0 unspecified atom stereocenters. The van der Waals surface area contributed by atoms with Gasteiger partial charge < -0.3 is 89.7 Å². The number of amides is 6. The van der Waals surface area contributed by atoms with Crippen molar-refractivity contribution < 1.29 is 62.4 Å². The van der Waals surface area contributed by atoms with E-state index in [1.165, 1.54) is 46.0 Å². The van der Waals surface area contributed by atoms with Gasteiger partial charge in [-0.1, -0.05) is 80.1 Å². The van der Waals surface area contributed by atoms with Crippen molar-refractivity contribution in [3.8, 4) is 0 Å². The lowest BCUT2D eigenvalue weighted by molar-refractivity contribution is -0.385. The molecule has 0 saturated carbocycles. The SMILES string of the molecule is C.C.C.C=C=C=C=C=C=C=C=C=C.Cl.Cn1cc(N)cc1C(=O)NCCN1CCOCC1.Cn1cc(NC(=O)c2cc(NC(=O)c3cc(NC(=O)c4sccc4Cl)cn3C)cn2C)cc1C(=O)NCCN1CCOCC1.Cn1cc([N+](=O)[O-])cc1C(=O)C(Cl)(Cl)Cl.Cn1cc([N+](=O)[O-])cc1C(=O)NCCN1CCOCC1.NCCN1CCOCC1. The molecule has 4 aliphatic rings. The van der Waals surface area contributed by atoms with E-state index in [9.17, 15) is 53.8 Å². The summed E-state index contributed by atoms with van der Waals surface area (Å²) in [5, 5.41) is 40.1. The van der Waals surface area contributed by atoms with Crippen LogP contribution in [-0.2, 0) is 61.2 Å². The molecule has 10 N–H and O–H groups in total. The number of nitrogens with one attached hydrogen (secondary N) is 6. The van der Waals surface area contributed by atoms with Gasteiger partial charge in [0.05, 0.1) is 109 Å². The van der Waals surface area contributed by atoms with Gasteiger partial charge in [-0.3, -0.25) is 73.4 Å². The number of alkyl halides is 3. The van der Waals surface area contributed by atoms with Crippen LogP contribution in [-0.4, -0.2) is 259 Å². The fourth-order valence-electron chi connectivity index (χ4n) is 11.3. The Morgan fingerprint density at radius 2 is 0.767 bits per heavy atom. The zero-order valence-electron chi connectivity index (χ0n) is 65.4. The molecule has 7 aromatic heterocycles. The van der Waals surface area contributed by atoms with Gasteiger partial charge in [0.15, 0.2) is 0 Å². The lowest BCUT2D eigenvalue weighted by Crippen LogP contribution is -2.41. The number of morpholine rings is 4. The van der Waals surface area contributed by atoms with Crippen molar-refractivity contribution in [1.29, 1.82) is 0 Å². The van der Waals surface area contributed by atoms with E-state index < -0.39 is 31.2 Å². The number of carbonyl (C=O) groups excluding carboxylic acids is 7. The highest BCUT2D eigenvalue weighted by Gasteiger charge is 2.35. The Morgan fingerprint density at radius 1 is 0.467 bits per heavy atom. The summed E-state index contributed by atoms with van der Waals surface area (Å²) in [5.41, 5.74) is 34.0. The fourth-order valence-corrected chi connectivity index (χ4v) is 12.6. The minimum Gasteiger partial charge on any atom is -0.397 e. The number of nitro groups is 2. The highest BCUT2D eigenvalue weighted by molar-refractivity contribution is 7.12. The van der Waals surface area contributed by atoms with Crippen molar-refractivity contribution in [3.63, 3.8) is 0 Å². The molecule has 0 radical (unpaired) electrons. The number of ether oxygens (including phenoxy) is 4. The Morgan fingerprint density at radius 3 is 1.07 bits per heavy atom. The molecule has 0 aliphatic carbocycles. The van der Waals surface area contributed by atoms with E-state index in [2.05, 4.69) is 111 Å². The smallest absolute Gasteiger partial charge is 0.287 e. The Hall–Kier alpha value is -10.5. The number of Topliss-reactive ketones (excluding diaryl/α,β-unsaturated/α-hetero) is 1. The summed E-state index contributed by atoms with van der Waals surface area (Å²) in [6.45, 7) is 25.9. The summed E-state index contributed by atoms with van der Waals surface area (Å²) in [4.78, 5) is 116. The van der Waals surface area contributed by atoms with Crippen molar-refractivity contribution in [1.82, 2.24) is 63.0 Å². The molecule has 4 fully saturated rings. The summed E-state index contributed by atoms with van der Waals surface area (Å²) in [5.74, 6) is -2.61. The van der Waals surface area contributed by atoms with Crippen LogP contribution in [0.4, 0.5) is 34.1 Å². The summed E-state index contributed by atoms with van der Waals surface area (Å²) < 4.78 is 28.2. The van der Waals surface area contributed by atoms with Crippen LogP contribution in [0, 0.1) is 20.2 Å². The first-order chi connectivity index (χ1) is 55.4. The molecule has 654 valence electrons. The third kappa shape index (κ3) is 35.5. The topological polar surface area (TPSA) is 409 Å². The Bertz CT molecular complexity index is 4800. The molecule has 0 bridgehead atoms. The zero-order valence-corrected chi connectivity index (χ0v) is 70.1. The molecule has 0 aromatic carbocycles. The fraction of sp³-hybridized carbons (Fsp3) is 0.430. The van der Waals surface area contributed by atoms with Gasteiger partial charge in [0.2, 0.25) is 5.78 Å². The predicted octanol–water partition coefficient (Wildman–Crippen LogP) is 9.04. The van der Waals surface area contributed by atoms with E-state index in [4.69, 9.17) is 76.8 Å². The van der Waals surface area contributed by atoms with Crippen LogP contribution in [0.25, 0.3) is 0 Å². The number of thiophene rings is 1. The number of rotatable bonds is 23. The van der Waals surface area contributed by atoms with Gasteiger partial charge in [0.25, 0.3) is 50.6 Å². The maximum absolute atomic E-state index is 13.1. The summed E-state index contributed by atoms with van der Waals surface area (Å²) in [7, 11) is 9.99. The highest BCUT2D eigenvalue weighted by atomic mass is 35.6. The largest absolute Gasteiger partial charge is 0.397 e. The van der Waals surface area contributed by atoms with Gasteiger partial charge >= 0.3 is 0 Å². The van der Waals surface area contributed by atoms with Crippen molar-refractivity contribution in [2.45, 2.75) is 26.1 Å². The first-order valence-electron chi connectivity index (χ1n) is 36.0. The average Bonchev–Trinajstić information content (AvgIpc) is 1.66. The van der Waals surface area contributed by atoms with Crippen LogP contribution in [0.5, 0.6) is 0 Å². The predicted molar refractivity (Wildman–Crippen MR) is 470 cm³/mol. The van der Waals surface area contributed by atoms with E-state index in [0.29, 0.717) is 94.0 Å². The Balaban J connectivity index is 0.000000538. The van der Waals surface area contributed by atoms with E-state index in [1.807, 2.05) is 7.05 Å². The Labute approximate surface area is 728 Å². The normalized spacial score (nSPS) is 13.5. The minimum absolute atomic E-state index is 0. The summed E-state index contributed by atoms with van der Waals surface area (Å²) in [6, 6.07) is 10.4. The van der Waals surface area contributed by atoms with Crippen LogP contribution in [0.2, 0.25) is 5.02 Å². The van der Waals surface area contributed by atoms with Gasteiger partial charge in [-0.2, -0.15) is 0 Å². The molecule has 0 atom stereocenters. The second-order valence-corrected chi connectivity index (χ2v) is 29.2. The third-order valence-corrected chi connectivity index (χ3v) is 19.0. The first-order valence-corrected chi connectivity index (χ1v) is 38.4. The molecule has 120 heavy (non-hydrogen) atoms. The van der Waals surface area contributed by atoms with Crippen molar-refractivity contribution in [2.24, 2.45) is 48.0 Å². The van der Waals surface area contributed by atoms with Crippen molar-refractivity contribution >= 4 is 145 Å². The number of hydrogen-bond acceptors (Lipinski definition) is 22. The molecule has 6 amide bonds. The maximum atomic E-state index is 13.1. The highest BCUT2D eigenvalue weighted by Crippen LogP contribution is 2.32. The van der Waals surface area contributed by atoms with Gasteiger partial charge in [-0.15, -0.1) is 23.7 Å². The molecule has 35 nitrogen and oxygen atoms in total.